The molecule has 0 spiro atoms. The zero-order valence-electron chi connectivity index (χ0n) is 10.6. The summed E-state index contributed by atoms with van der Waals surface area (Å²) in [6, 6.07) is 13.0. The summed E-state index contributed by atoms with van der Waals surface area (Å²) in [5.74, 6) is 0.569. The van der Waals surface area contributed by atoms with Crippen molar-refractivity contribution in [1.29, 1.82) is 0 Å². The molecular weight excluding hydrogens is 222 g/mol. The van der Waals surface area contributed by atoms with Gasteiger partial charge in [0.15, 0.2) is 0 Å². The van der Waals surface area contributed by atoms with E-state index in [0.717, 1.165) is 13.0 Å². The Labute approximate surface area is 107 Å². The topological polar surface area (TPSA) is 29.1 Å². The van der Waals surface area contributed by atoms with Crippen molar-refractivity contribution in [2.75, 3.05) is 6.54 Å². The fourth-order valence-electron chi connectivity index (χ4n) is 2.88. The molecule has 0 saturated heterocycles. The first-order valence-electron chi connectivity index (χ1n) is 6.57. The van der Waals surface area contributed by atoms with Gasteiger partial charge in [-0.15, -0.1) is 0 Å². The molecule has 1 N–H and O–H groups in total. The van der Waals surface area contributed by atoms with E-state index in [9.17, 15) is 4.79 Å². The number of hydrogen-bond donors (Lipinski definition) is 1. The maximum atomic E-state index is 11.4. The highest BCUT2D eigenvalue weighted by atomic mass is 16.1. The Morgan fingerprint density at radius 3 is 2.83 bits per heavy atom. The van der Waals surface area contributed by atoms with Crippen molar-refractivity contribution in [3.05, 3.63) is 47.5 Å². The number of amides is 1. The number of rotatable bonds is 3. The van der Waals surface area contributed by atoms with Gasteiger partial charge in [-0.3, -0.25) is 4.79 Å². The van der Waals surface area contributed by atoms with Crippen LogP contribution < -0.4 is 5.32 Å². The Balaban J connectivity index is 1.91. The molecule has 2 nitrogen and oxygen atoms in total. The van der Waals surface area contributed by atoms with E-state index < -0.39 is 0 Å². The average Bonchev–Trinajstić information content (AvgIpc) is 2.77. The van der Waals surface area contributed by atoms with E-state index >= 15 is 0 Å². The van der Waals surface area contributed by atoms with Crippen LogP contribution in [0.2, 0.25) is 0 Å². The molecule has 0 bridgehead atoms. The first kappa shape index (κ1) is 11.3. The number of carbonyl (C=O) groups excluding carboxylic acids is 1. The average molecular weight is 239 g/mol. The summed E-state index contributed by atoms with van der Waals surface area (Å²) in [5.41, 5.74) is 2.80. The molecule has 0 heterocycles. The fraction of sp³-hybridized carbons (Fsp3) is 0.312. The van der Waals surface area contributed by atoms with Crippen LogP contribution in [0.25, 0.3) is 10.8 Å². The smallest absolute Gasteiger partial charge is 0.219 e. The van der Waals surface area contributed by atoms with Gasteiger partial charge in [-0.1, -0.05) is 43.3 Å². The van der Waals surface area contributed by atoms with E-state index in [1.54, 1.807) is 0 Å². The molecule has 0 radical (unpaired) electrons. The van der Waals surface area contributed by atoms with Gasteiger partial charge in [0.25, 0.3) is 0 Å². The monoisotopic (exact) mass is 239 g/mol. The molecule has 1 aliphatic rings. The van der Waals surface area contributed by atoms with Crippen molar-refractivity contribution >= 4 is 16.7 Å². The summed E-state index contributed by atoms with van der Waals surface area (Å²) in [5, 5.41) is 5.73. The first-order valence-corrected chi connectivity index (χ1v) is 6.57. The second kappa shape index (κ2) is 4.45. The molecule has 2 aromatic carbocycles. The molecule has 2 heteroatoms. The standard InChI is InChI=1S/C16H17NO/c1-2-15(18)17-10-13-9-12-7-3-5-11-6-4-8-14(13)16(11)12/h3-8,13H,2,9-10H2,1H3,(H,17,18)/t13-/m0/s1. The summed E-state index contributed by atoms with van der Waals surface area (Å²) < 4.78 is 0. The maximum Gasteiger partial charge on any atom is 0.219 e. The van der Waals surface area contributed by atoms with E-state index in [0.29, 0.717) is 12.3 Å². The molecule has 0 fully saturated rings. The van der Waals surface area contributed by atoms with E-state index in [1.165, 1.54) is 21.9 Å². The Bertz CT molecular complexity index is 598. The molecule has 92 valence electrons. The van der Waals surface area contributed by atoms with E-state index in [1.807, 2.05) is 6.92 Å². The Kier molecular flexibility index (Phi) is 2.78. The third kappa shape index (κ3) is 1.78. The molecule has 1 aliphatic carbocycles. The van der Waals surface area contributed by atoms with Crippen molar-refractivity contribution in [3.63, 3.8) is 0 Å². The lowest BCUT2D eigenvalue weighted by Gasteiger charge is -2.12. The van der Waals surface area contributed by atoms with Crippen molar-refractivity contribution < 1.29 is 4.79 Å². The second-order valence-corrected chi connectivity index (χ2v) is 4.92. The van der Waals surface area contributed by atoms with Crippen LogP contribution in [0.1, 0.15) is 30.4 Å². The SMILES string of the molecule is CCC(=O)NC[C@@H]1Cc2cccc3cccc1c23. The minimum absolute atomic E-state index is 0.137. The Morgan fingerprint density at radius 2 is 2.06 bits per heavy atom. The molecule has 0 saturated carbocycles. The summed E-state index contributed by atoms with van der Waals surface area (Å²) >= 11 is 0. The van der Waals surface area contributed by atoms with Crippen LogP contribution in [0.5, 0.6) is 0 Å². The van der Waals surface area contributed by atoms with Crippen molar-refractivity contribution in [1.82, 2.24) is 5.32 Å². The van der Waals surface area contributed by atoms with Gasteiger partial charge in [-0.05, 0) is 28.3 Å². The molecule has 2 aromatic rings. The van der Waals surface area contributed by atoms with Gasteiger partial charge in [0.05, 0.1) is 0 Å². The number of hydrogen-bond acceptors (Lipinski definition) is 1. The van der Waals surface area contributed by atoms with Gasteiger partial charge in [0, 0.05) is 18.9 Å². The fourth-order valence-corrected chi connectivity index (χ4v) is 2.88. The minimum Gasteiger partial charge on any atom is -0.355 e. The number of nitrogens with one attached hydrogen (secondary N) is 1. The highest BCUT2D eigenvalue weighted by molar-refractivity contribution is 5.91. The summed E-state index contributed by atoms with van der Waals surface area (Å²) in [4.78, 5) is 11.4. The van der Waals surface area contributed by atoms with Gasteiger partial charge >= 0.3 is 0 Å². The van der Waals surface area contributed by atoms with E-state index in [2.05, 4.69) is 41.7 Å². The van der Waals surface area contributed by atoms with Crippen LogP contribution in [-0.4, -0.2) is 12.5 Å². The van der Waals surface area contributed by atoms with Crippen LogP contribution >= 0.6 is 0 Å². The third-order valence-electron chi connectivity index (χ3n) is 3.80. The molecule has 18 heavy (non-hydrogen) atoms. The van der Waals surface area contributed by atoms with Gasteiger partial charge in [-0.2, -0.15) is 0 Å². The van der Waals surface area contributed by atoms with Crippen molar-refractivity contribution in [3.8, 4) is 0 Å². The second-order valence-electron chi connectivity index (χ2n) is 4.92. The lowest BCUT2D eigenvalue weighted by molar-refractivity contribution is -0.120. The molecule has 1 atom stereocenters. The summed E-state index contributed by atoms with van der Waals surface area (Å²) in [6.45, 7) is 2.64. The molecule has 3 rings (SSSR count). The Morgan fingerprint density at radius 1 is 1.28 bits per heavy atom. The lowest BCUT2D eigenvalue weighted by Crippen LogP contribution is -2.27. The summed E-state index contributed by atoms with van der Waals surface area (Å²) in [6.07, 6.45) is 1.60. The molecular formula is C16H17NO. The van der Waals surface area contributed by atoms with Crippen LogP contribution in [0, 0.1) is 0 Å². The van der Waals surface area contributed by atoms with Gasteiger partial charge in [-0.25, -0.2) is 0 Å². The summed E-state index contributed by atoms with van der Waals surface area (Å²) in [7, 11) is 0. The quantitative estimate of drug-likeness (QED) is 0.876. The number of benzene rings is 2. The Hall–Kier alpha value is -1.83. The van der Waals surface area contributed by atoms with Gasteiger partial charge in [0.1, 0.15) is 0 Å². The van der Waals surface area contributed by atoms with Gasteiger partial charge in [0.2, 0.25) is 5.91 Å². The zero-order chi connectivity index (χ0) is 12.5. The normalized spacial score (nSPS) is 17.1. The van der Waals surface area contributed by atoms with E-state index in [4.69, 9.17) is 0 Å². The van der Waals surface area contributed by atoms with E-state index in [-0.39, 0.29) is 5.91 Å². The predicted molar refractivity (Wildman–Crippen MR) is 73.7 cm³/mol. The molecule has 0 aliphatic heterocycles. The molecule has 0 unspecified atom stereocenters. The predicted octanol–water partition coefficient (Wildman–Crippen LogP) is 3.01. The molecule has 0 aromatic heterocycles. The van der Waals surface area contributed by atoms with Crippen LogP contribution in [-0.2, 0) is 11.2 Å². The van der Waals surface area contributed by atoms with Crippen LogP contribution in [0.3, 0.4) is 0 Å². The van der Waals surface area contributed by atoms with Crippen molar-refractivity contribution in [2.45, 2.75) is 25.7 Å². The van der Waals surface area contributed by atoms with Gasteiger partial charge < -0.3 is 5.32 Å². The maximum absolute atomic E-state index is 11.4. The lowest BCUT2D eigenvalue weighted by atomic mass is 10.00. The highest BCUT2D eigenvalue weighted by Gasteiger charge is 2.23. The number of carbonyl (C=O) groups is 1. The minimum atomic E-state index is 0.137. The van der Waals surface area contributed by atoms with Crippen molar-refractivity contribution in [2.24, 2.45) is 0 Å². The molecule has 1 amide bonds. The third-order valence-corrected chi connectivity index (χ3v) is 3.80. The largest absolute Gasteiger partial charge is 0.355 e. The van der Waals surface area contributed by atoms with Crippen LogP contribution in [0.15, 0.2) is 36.4 Å². The first-order chi connectivity index (χ1) is 8.79. The zero-order valence-corrected chi connectivity index (χ0v) is 10.6. The highest BCUT2D eigenvalue weighted by Crippen LogP contribution is 2.37. The van der Waals surface area contributed by atoms with Crippen LogP contribution in [0.4, 0.5) is 0 Å².